The number of hydrogen-bond donors (Lipinski definition) is 0. The average molecular weight is 423 g/mol. The third-order valence-electron chi connectivity index (χ3n) is 3.72. The van der Waals surface area contributed by atoms with Crippen LogP contribution in [0.2, 0.25) is 5.15 Å². The second-order valence-electron chi connectivity index (χ2n) is 5.62. The Labute approximate surface area is 171 Å². The maximum Gasteiger partial charge on any atom is 0.348 e. The first-order valence-corrected chi connectivity index (χ1v) is 10.7. The molecule has 0 bridgehead atoms. The number of esters is 1. The molecule has 0 amide bonds. The van der Waals surface area contributed by atoms with Crippen molar-refractivity contribution in [2.24, 2.45) is 0 Å². The van der Waals surface area contributed by atoms with Gasteiger partial charge in [0.25, 0.3) is 0 Å². The highest BCUT2D eigenvalue weighted by molar-refractivity contribution is 7.99. The minimum absolute atomic E-state index is 0.331. The molecule has 8 heteroatoms. The molecular formula is C19H19ClN2O3S2. The molecule has 0 aliphatic carbocycles. The van der Waals surface area contributed by atoms with Gasteiger partial charge in [-0.05, 0) is 38.0 Å². The number of thiophene rings is 1. The normalized spacial score (nSPS) is 10.9. The van der Waals surface area contributed by atoms with Gasteiger partial charge in [0.05, 0.1) is 18.6 Å². The van der Waals surface area contributed by atoms with E-state index in [1.165, 1.54) is 23.1 Å². The van der Waals surface area contributed by atoms with Crippen molar-refractivity contribution in [3.8, 4) is 5.75 Å². The molecule has 1 aromatic carbocycles. The Morgan fingerprint density at radius 3 is 2.78 bits per heavy atom. The first-order chi connectivity index (χ1) is 13.1. The van der Waals surface area contributed by atoms with Crippen LogP contribution in [0.15, 0.2) is 35.5 Å². The van der Waals surface area contributed by atoms with Gasteiger partial charge in [-0.3, -0.25) is 0 Å². The number of halogens is 1. The molecule has 0 aliphatic rings. The van der Waals surface area contributed by atoms with E-state index in [4.69, 9.17) is 21.1 Å². The number of para-hydroxylation sites is 1. The minimum atomic E-state index is -0.346. The van der Waals surface area contributed by atoms with Gasteiger partial charge in [0.2, 0.25) is 0 Å². The highest BCUT2D eigenvalue weighted by atomic mass is 35.5. The van der Waals surface area contributed by atoms with E-state index in [2.05, 4.69) is 9.97 Å². The van der Waals surface area contributed by atoms with Gasteiger partial charge in [0.15, 0.2) is 5.16 Å². The van der Waals surface area contributed by atoms with Gasteiger partial charge in [0.1, 0.15) is 20.6 Å². The Bertz CT molecular complexity index is 932. The fourth-order valence-electron chi connectivity index (χ4n) is 2.46. The summed E-state index contributed by atoms with van der Waals surface area (Å²) in [5, 5.41) is 1.69. The summed E-state index contributed by atoms with van der Waals surface area (Å²) in [5.74, 6) is 1.33. The van der Waals surface area contributed by atoms with Crippen molar-refractivity contribution in [2.45, 2.75) is 25.4 Å². The van der Waals surface area contributed by atoms with E-state index in [0.29, 0.717) is 33.2 Å². The van der Waals surface area contributed by atoms with Crippen LogP contribution in [0.5, 0.6) is 5.75 Å². The van der Waals surface area contributed by atoms with Crippen LogP contribution in [0.1, 0.15) is 28.6 Å². The highest BCUT2D eigenvalue weighted by Gasteiger charge is 2.20. The van der Waals surface area contributed by atoms with Crippen LogP contribution in [0.4, 0.5) is 0 Å². The van der Waals surface area contributed by atoms with Gasteiger partial charge >= 0.3 is 5.97 Å². The molecule has 27 heavy (non-hydrogen) atoms. The number of carbonyl (C=O) groups is 1. The fourth-order valence-corrected chi connectivity index (χ4v) is 4.76. The number of aromatic nitrogens is 2. The minimum Gasteiger partial charge on any atom is -0.494 e. The topological polar surface area (TPSA) is 61.3 Å². The average Bonchev–Trinajstić information content (AvgIpc) is 2.99. The van der Waals surface area contributed by atoms with Crippen LogP contribution in [0.3, 0.4) is 0 Å². The highest BCUT2D eigenvalue weighted by Crippen LogP contribution is 2.35. The lowest BCUT2D eigenvalue weighted by Crippen LogP contribution is -2.03. The predicted octanol–water partition coefficient (Wildman–Crippen LogP) is 5.39. The smallest absolute Gasteiger partial charge is 0.348 e. The zero-order chi connectivity index (χ0) is 19.2. The van der Waals surface area contributed by atoms with Crippen molar-refractivity contribution in [3.05, 3.63) is 45.9 Å². The van der Waals surface area contributed by atoms with Crippen molar-refractivity contribution in [3.63, 3.8) is 0 Å². The Hall–Kier alpha value is -1.83. The monoisotopic (exact) mass is 422 g/mol. The summed E-state index contributed by atoms with van der Waals surface area (Å²) in [6.07, 6.45) is 0.857. The Balaban J connectivity index is 1.62. The molecule has 0 saturated heterocycles. The number of rotatable bonds is 8. The third kappa shape index (κ3) is 4.91. The first-order valence-electron chi connectivity index (χ1n) is 8.54. The lowest BCUT2D eigenvalue weighted by atomic mass is 10.2. The summed E-state index contributed by atoms with van der Waals surface area (Å²) >= 11 is 9.16. The second kappa shape index (κ2) is 9.39. The van der Waals surface area contributed by atoms with Crippen LogP contribution >= 0.6 is 34.7 Å². The number of carbonyl (C=O) groups excluding carboxylic acids is 1. The largest absolute Gasteiger partial charge is 0.494 e. The molecule has 142 valence electrons. The summed E-state index contributed by atoms with van der Waals surface area (Å²) in [6, 6.07) is 9.72. The van der Waals surface area contributed by atoms with E-state index in [9.17, 15) is 4.79 Å². The second-order valence-corrected chi connectivity index (χ2v) is 8.04. The van der Waals surface area contributed by atoms with E-state index in [-0.39, 0.29) is 5.97 Å². The molecule has 0 unspecified atom stereocenters. The molecule has 0 N–H and O–H groups in total. The lowest BCUT2D eigenvalue weighted by molar-refractivity contribution is 0.0531. The summed E-state index contributed by atoms with van der Waals surface area (Å²) in [7, 11) is 0. The number of hydrogen-bond acceptors (Lipinski definition) is 7. The summed E-state index contributed by atoms with van der Waals surface area (Å²) in [6.45, 7) is 4.58. The van der Waals surface area contributed by atoms with Crippen LogP contribution < -0.4 is 4.74 Å². The van der Waals surface area contributed by atoms with Crippen LogP contribution in [0, 0.1) is 6.92 Å². The Morgan fingerprint density at radius 2 is 2.04 bits per heavy atom. The van der Waals surface area contributed by atoms with E-state index < -0.39 is 0 Å². The molecule has 0 saturated carbocycles. The predicted molar refractivity (Wildman–Crippen MR) is 110 cm³/mol. The molecular weight excluding hydrogens is 404 g/mol. The zero-order valence-electron chi connectivity index (χ0n) is 15.0. The van der Waals surface area contributed by atoms with Gasteiger partial charge in [-0.1, -0.05) is 41.6 Å². The van der Waals surface area contributed by atoms with Crippen molar-refractivity contribution in [1.82, 2.24) is 9.97 Å². The van der Waals surface area contributed by atoms with Gasteiger partial charge in [-0.25, -0.2) is 14.8 Å². The van der Waals surface area contributed by atoms with E-state index in [0.717, 1.165) is 28.9 Å². The number of nitrogens with zero attached hydrogens (tertiary/aromatic N) is 2. The quantitative estimate of drug-likeness (QED) is 0.159. The van der Waals surface area contributed by atoms with Crippen LogP contribution in [-0.4, -0.2) is 34.9 Å². The number of benzene rings is 1. The molecule has 3 aromatic rings. The first kappa shape index (κ1) is 19.9. The molecule has 0 spiro atoms. The zero-order valence-corrected chi connectivity index (χ0v) is 17.4. The number of aryl methyl sites for hydroxylation is 1. The molecule has 0 fully saturated rings. The van der Waals surface area contributed by atoms with Gasteiger partial charge in [-0.2, -0.15) is 0 Å². The summed E-state index contributed by atoms with van der Waals surface area (Å²) < 4.78 is 10.8. The summed E-state index contributed by atoms with van der Waals surface area (Å²) in [5.41, 5.74) is 0.770. The van der Waals surface area contributed by atoms with Crippen molar-refractivity contribution in [1.29, 1.82) is 0 Å². The SMILES string of the molecule is CCOC(=O)c1sc2nc(SCCCOc3ccccc3)nc(Cl)c2c1C. The lowest BCUT2D eigenvalue weighted by Gasteiger charge is -2.05. The fraction of sp³-hybridized carbons (Fsp3) is 0.316. The van der Waals surface area contributed by atoms with E-state index in [1.54, 1.807) is 6.92 Å². The molecule has 2 heterocycles. The van der Waals surface area contributed by atoms with Crippen molar-refractivity contribution in [2.75, 3.05) is 19.0 Å². The van der Waals surface area contributed by atoms with Gasteiger partial charge in [-0.15, -0.1) is 11.3 Å². The molecule has 0 radical (unpaired) electrons. The maximum atomic E-state index is 12.1. The third-order valence-corrected chi connectivity index (χ3v) is 6.09. The molecule has 2 aromatic heterocycles. The maximum absolute atomic E-state index is 12.1. The molecule has 0 aliphatic heterocycles. The Kier molecular flexibility index (Phi) is 6.93. The van der Waals surface area contributed by atoms with Crippen LogP contribution in [0.25, 0.3) is 10.2 Å². The number of ether oxygens (including phenoxy) is 2. The summed E-state index contributed by atoms with van der Waals surface area (Å²) in [4.78, 5) is 22.2. The van der Waals surface area contributed by atoms with Gasteiger partial charge < -0.3 is 9.47 Å². The molecule has 5 nitrogen and oxygen atoms in total. The molecule has 0 atom stereocenters. The van der Waals surface area contributed by atoms with E-state index >= 15 is 0 Å². The number of thioether (sulfide) groups is 1. The Morgan fingerprint density at radius 1 is 1.26 bits per heavy atom. The standard InChI is InChI=1S/C19H19ClN2O3S2/c1-3-24-18(23)15-12(2)14-16(20)21-19(22-17(14)27-15)26-11-7-10-25-13-8-5-4-6-9-13/h4-6,8-9H,3,7,10-11H2,1-2H3. The number of fused-ring (bicyclic) bond motifs is 1. The van der Waals surface area contributed by atoms with Crippen molar-refractivity contribution >= 4 is 50.9 Å². The van der Waals surface area contributed by atoms with Gasteiger partial charge in [0, 0.05) is 5.75 Å². The van der Waals surface area contributed by atoms with Crippen LogP contribution in [-0.2, 0) is 4.74 Å². The van der Waals surface area contributed by atoms with Crippen molar-refractivity contribution < 1.29 is 14.3 Å². The molecule has 3 rings (SSSR count). The van der Waals surface area contributed by atoms with E-state index in [1.807, 2.05) is 37.3 Å².